The molecule has 0 spiro atoms. The third-order valence-corrected chi connectivity index (χ3v) is 4.29. The summed E-state index contributed by atoms with van der Waals surface area (Å²) in [6, 6.07) is 4.18. The highest BCUT2D eigenvalue weighted by Crippen LogP contribution is 2.31. The van der Waals surface area contributed by atoms with Gasteiger partial charge in [-0.2, -0.15) is 0 Å². The third kappa shape index (κ3) is 2.46. The number of aryl methyl sites for hydroxylation is 1. The van der Waals surface area contributed by atoms with Gasteiger partial charge in [0.25, 0.3) is 11.5 Å². The zero-order valence-electron chi connectivity index (χ0n) is 11.8. The number of carbonyl (C=O) groups excluding carboxylic acids is 1. The van der Waals surface area contributed by atoms with Crippen LogP contribution in [0.2, 0.25) is 0 Å². The Kier molecular flexibility index (Phi) is 3.61. The standard InChI is InChI=1S/C15H10F2N2O3S/c1-19-10-4-5-23-13(10)12(20)11(15(19)22)14(21)18-9-6-7(16)2-3-8(9)17/h2-6,20H,1H3,(H,18,21). The van der Waals surface area contributed by atoms with E-state index in [1.807, 2.05) is 0 Å². The van der Waals surface area contributed by atoms with E-state index in [4.69, 9.17) is 0 Å². The van der Waals surface area contributed by atoms with Crippen molar-refractivity contribution in [1.82, 2.24) is 4.57 Å². The number of thiophene rings is 1. The topological polar surface area (TPSA) is 71.3 Å². The van der Waals surface area contributed by atoms with Crippen molar-refractivity contribution in [2.24, 2.45) is 7.05 Å². The molecule has 118 valence electrons. The largest absolute Gasteiger partial charge is 0.505 e. The van der Waals surface area contributed by atoms with Crippen molar-refractivity contribution in [3.63, 3.8) is 0 Å². The highest BCUT2D eigenvalue weighted by Gasteiger charge is 2.22. The fourth-order valence-corrected chi connectivity index (χ4v) is 3.09. The summed E-state index contributed by atoms with van der Waals surface area (Å²) in [6.07, 6.45) is 0. The van der Waals surface area contributed by atoms with Gasteiger partial charge >= 0.3 is 0 Å². The molecule has 0 bridgehead atoms. The zero-order valence-corrected chi connectivity index (χ0v) is 12.6. The highest BCUT2D eigenvalue weighted by molar-refractivity contribution is 7.17. The fourth-order valence-electron chi connectivity index (χ4n) is 2.22. The van der Waals surface area contributed by atoms with E-state index in [0.29, 0.717) is 10.2 Å². The molecule has 1 amide bonds. The quantitative estimate of drug-likeness (QED) is 0.756. The number of carbonyl (C=O) groups is 1. The van der Waals surface area contributed by atoms with Crippen molar-refractivity contribution in [2.45, 2.75) is 0 Å². The van der Waals surface area contributed by atoms with Crippen molar-refractivity contribution in [2.75, 3.05) is 5.32 Å². The first-order valence-corrected chi connectivity index (χ1v) is 7.33. The van der Waals surface area contributed by atoms with E-state index in [9.17, 15) is 23.5 Å². The average molecular weight is 336 g/mol. The number of anilines is 1. The molecule has 0 saturated heterocycles. The van der Waals surface area contributed by atoms with Crippen molar-refractivity contribution >= 4 is 33.1 Å². The van der Waals surface area contributed by atoms with Gasteiger partial charge in [0, 0.05) is 13.1 Å². The average Bonchev–Trinajstić information content (AvgIpc) is 2.99. The predicted octanol–water partition coefficient (Wildman–Crippen LogP) is 2.84. The van der Waals surface area contributed by atoms with Crippen LogP contribution in [0.4, 0.5) is 14.5 Å². The van der Waals surface area contributed by atoms with Gasteiger partial charge in [-0.15, -0.1) is 11.3 Å². The lowest BCUT2D eigenvalue weighted by molar-refractivity contribution is 0.102. The van der Waals surface area contributed by atoms with Gasteiger partial charge in [-0.25, -0.2) is 8.78 Å². The van der Waals surface area contributed by atoms with Crippen LogP contribution >= 0.6 is 11.3 Å². The van der Waals surface area contributed by atoms with Crippen LogP contribution in [0.3, 0.4) is 0 Å². The molecule has 0 aliphatic heterocycles. The summed E-state index contributed by atoms with van der Waals surface area (Å²) in [4.78, 5) is 24.5. The van der Waals surface area contributed by atoms with E-state index in [0.717, 1.165) is 29.5 Å². The molecule has 0 aliphatic rings. The minimum atomic E-state index is -1.01. The number of hydrogen-bond donors (Lipinski definition) is 2. The van der Waals surface area contributed by atoms with Gasteiger partial charge in [-0.3, -0.25) is 9.59 Å². The first kappa shape index (κ1) is 15.2. The van der Waals surface area contributed by atoms with Crippen molar-refractivity contribution in [1.29, 1.82) is 0 Å². The van der Waals surface area contributed by atoms with E-state index in [1.165, 1.54) is 11.6 Å². The molecule has 3 aromatic rings. The SMILES string of the molecule is Cn1c(=O)c(C(=O)Nc2cc(F)ccc2F)c(O)c2sccc21. The molecule has 2 heterocycles. The monoisotopic (exact) mass is 336 g/mol. The molecule has 5 nitrogen and oxygen atoms in total. The zero-order chi connectivity index (χ0) is 16.7. The maximum Gasteiger partial charge on any atom is 0.267 e. The molecule has 0 saturated carbocycles. The van der Waals surface area contributed by atoms with Crippen LogP contribution in [0.1, 0.15) is 10.4 Å². The molecule has 0 unspecified atom stereocenters. The molecular formula is C15H10F2N2O3S. The predicted molar refractivity (Wildman–Crippen MR) is 83.0 cm³/mol. The van der Waals surface area contributed by atoms with E-state index < -0.39 is 40.1 Å². The first-order chi connectivity index (χ1) is 10.9. The Hall–Kier alpha value is -2.74. The maximum absolute atomic E-state index is 13.6. The van der Waals surface area contributed by atoms with Gasteiger partial charge in [-0.1, -0.05) is 0 Å². The van der Waals surface area contributed by atoms with Crippen molar-refractivity contribution < 1.29 is 18.7 Å². The summed E-state index contributed by atoms with van der Waals surface area (Å²) >= 11 is 1.16. The van der Waals surface area contributed by atoms with Gasteiger partial charge in [0.2, 0.25) is 0 Å². The molecule has 8 heteroatoms. The van der Waals surface area contributed by atoms with Gasteiger partial charge < -0.3 is 15.0 Å². The molecule has 3 rings (SSSR count). The van der Waals surface area contributed by atoms with Gasteiger partial charge in [0.1, 0.15) is 17.2 Å². The summed E-state index contributed by atoms with van der Waals surface area (Å²) in [6.45, 7) is 0. The number of pyridine rings is 1. The summed E-state index contributed by atoms with van der Waals surface area (Å²) in [7, 11) is 1.45. The number of halogens is 2. The third-order valence-electron chi connectivity index (χ3n) is 3.38. The summed E-state index contributed by atoms with van der Waals surface area (Å²) in [5, 5.41) is 14.0. The molecule has 0 aliphatic carbocycles. The summed E-state index contributed by atoms with van der Waals surface area (Å²) in [5.41, 5.74) is -1.19. The van der Waals surface area contributed by atoms with E-state index in [2.05, 4.69) is 5.32 Å². The Bertz CT molecular complexity index is 994. The number of amides is 1. The van der Waals surface area contributed by atoms with Crippen LogP contribution in [-0.2, 0) is 7.05 Å². The normalized spacial score (nSPS) is 10.9. The number of nitrogens with zero attached hydrogens (tertiary/aromatic N) is 1. The lowest BCUT2D eigenvalue weighted by Gasteiger charge is -2.10. The Labute approximate surface area is 132 Å². The Balaban J connectivity index is 2.11. The van der Waals surface area contributed by atoms with Gasteiger partial charge in [0.15, 0.2) is 5.75 Å². The molecule has 0 fully saturated rings. The Morgan fingerprint density at radius 3 is 2.78 bits per heavy atom. The van der Waals surface area contributed by atoms with Crippen LogP contribution in [0.15, 0.2) is 34.4 Å². The smallest absolute Gasteiger partial charge is 0.267 e. The number of benzene rings is 1. The molecular weight excluding hydrogens is 326 g/mol. The number of aromatic nitrogens is 1. The van der Waals surface area contributed by atoms with E-state index in [-0.39, 0.29) is 0 Å². The Morgan fingerprint density at radius 2 is 2.04 bits per heavy atom. The molecule has 2 aromatic heterocycles. The number of rotatable bonds is 2. The highest BCUT2D eigenvalue weighted by atomic mass is 32.1. The molecule has 2 N–H and O–H groups in total. The van der Waals surface area contributed by atoms with Crippen LogP contribution < -0.4 is 10.9 Å². The number of nitrogens with one attached hydrogen (secondary N) is 1. The number of hydrogen-bond acceptors (Lipinski definition) is 4. The first-order valence-electron chi connectivity index (χ1n) is 6.45. The lowest BCUT2D eigenvalue weighted by atomic mass is 10.2. The molecule has 0 atom stereocenters. The van der Waals surface area contributed by atoms with Crippen molar-refractivity contribution in [3.05, 3.63) is 57.2 Å². The second-order valence-electron chi connectivity index (χ2n) is 4.80. The minimum Gasteiger partial charge on any atom is -0.505 e. The maximum atomic E-state index is 13.6. The lowest BCUT2D eigenvalue weighted by Crippen LogP contribution is -2.28. The molecule has 23 heavy (non-hydrogen) atoms. The summed E-state index contributed by atoms with van der Waals surface area (Å²) < 4.78 is 28.3. The van der Waals surface area contributed by atoms with Crippen LogP contribution in [0.25, 0.3) is 10.2 Å². The second kappa shape index (κ2) is 5.47. The van der Waals surface area contributed by atoms with Crippen LogP contribution in [0.5, 0.6) is 5.75 Å². The number of fused-ring (bicyclic) bond motifs is 1. The van der Waals surface area contributed by atoms with Gasteiger partial charge in [0.05, 0.1) is 15.9 Å². The van der Waals surface area contributed by atoms with E-state index >= 15 is 0 Å². The molecule has 1 aromatic carbocycles. The van der Waals surface area contributed by atoms with Crippen LogP contribution in [-0.4, -0.2) is 15.6 Å². The number of aromatic hydroxyl groups is 1. The summed E-state index contributed by atoms with van der Waals surface area (Å²) in [5.74, 6) is -3.09. The second-order valence-corrected chi connectivity index (χ2v) is 5.72. The van der Waals surface area contributed by atoms with E-state index in [1.54, 1.807) is 11.4 Å². The molecule has 0 radical (unpaired) electrons. The van der Waals surface area contributed by atoms with Gasteiger partial charge in [-0.05, 0) is 23.6 Å². The Morgan fingerprint density at radius 1 is 1.30 bits per heavy atom. The van der Waals surface area contributed by atoms with Crippen LogP contribution in [0, 0.1) is 11.6 Å². The fraction of sp³-hybridized carbons (Fsp3) is 0.0667. The minimum absolute atomic E-state index is 0.358. The van der Waals surface area contributed by atoms with Crippen molar-refractivity contribution in [3.8, 4) is 5.75 Å².